The standard InChI is InChI=1S/C6H17NOSi.Sn.4H/c1-8-9-6-4-2-3-5-7;;;;;/h2-7,9H2,1H3;;;;;. The topological polar surface area (TPSA) is 35.2 Å². The van der Waals surface area contributed by atoms with Crippen molar-refractivity contribution in [3.05, 3.63) is 0 Å². The van der Waals surface area contributed by atoms with Crippen molar-refractivity contribution >= 4 is 33.7 Å². The summed E-state index contributed by atoms with van der Waals surface area (Å²) in [7, 11) is 1.65. The van der Waals surface area contributed by atoms with Gasteiger partial charge in [0.25, 0.3) is 0 Å². The molecule has 0 aromatic heterocycles. The summed E-state index contributed by atoms with van der Waals surface area (Å²) in [5.41, 5.74) is 5.32. The Hall–Kier alpha value is 0.936. The Morgan fingerprint density at radius 2 is 2.00 bits per heavy atom. The molecule has 0 bridgehead atoms. The van der Waals surface area contributed by atoms with Gasteiger partial charge in [0.05, 0.1) is 0 Å². The third-order valence-corrected chi connectivity index (χ3v) is 2.50. The zero-order chi connectivity index (χ0) is 6.95. The van der Waals surface area contributed by atoms with E-state index in [1.807, 2.05) is 0 Å². The van der Waals surface area contributed by atoms with E-state index >= 15 is 0 Å². The summed E-state index contributed by atoms with van der Waals surface area (Å²) < 4.78 is 5.03. The number of rotatable bonds is 6. The molecule has 0 unspecified atom stereocenters. The first-order valence-electron chi connectivity index (χ1n) is 3.61. The van der Waals surface area contributed by atoms with Gasteiger partial charge >= 0.3 is 23.9 Å². The number of hydrogen-bond acceptors (Lipinski definition) is 2. The zero-order valence-electron chi connectivity index (χ0n) is 6.23. The zero-order valence-corrected chi connectivity index (χ0v) is 7.64. The summed E-state index contributed by atoms with van der Waals surface area (Å²) in [6, 6.07) is 1.32. The van der Waals surface area contributed by atoms with Crippen LogP contribution in [0.5, 0.6) is 0 Å². The summed E-state index contributed by atoms with van der Waals surface area (Å²) in [6.07, 6.45) is 3.78. The fourth-order valence-electron chi connectivity index (χ4n) is 0.744. The molecule has 0 aromatic rings. The summed E-state index contributed by atoms with van der Waals surface area (Å²) in [4.78, 5) is 0. The van der Waals surface area contributed by atoms with Gasteiger partial charge in [0.2, 0.25) is 0 Å². The quantitative estimate of drug-likeness (QED) is 0.487. The summed E-state index contributed by atoms with van der Waals surface area (Å²) in [6.45, 7) is 0.842. The predicted octanol–water partition coefficient (Wildman–Crippen LogP) is -1.19. The molecule has 0 aliphatic rings. The molecule has 0 spiro atoms. The molecule has 64 valence electrons. The van der Waals surface area contributed by atoms with Gasteiger partial charge in [-0.05, 0) is 19.0 Å². The van der Waals surface area contributed by atoms with E-state index in [-0.39, 0.29) is 33.7 Å². The Morgan fingerprint density at radius 1 is 1.30 bits per heavy atom. The van der Waals surface area contributed by atoms with Gasteiger partial charge in [-0.1, -0.05) is 12.8 Å². The summed E-state index contributed by atoms with van der Waals surface area (Å²) in [5.74, 6) is 0. The Labute approximate surface area is 82.8 Å². The van der Waals surface area contributed by atoms with E-state index in [2.05, 4.69) is 0 Å². The van der Waals surface area contributed by atoms with Crippen molar-refractivity contribution in [2.75, 3.05) is 13.7 Å². The Kier molecular flexibility index (Phi) is 17.0. The fraction of sp³-hybridized carbons (Fsp3) is 1.00. The molecule has 0 atom stereocenters. The van der Waals surface area contributed by atoms with Crippen LogP contribution in [-0.2, 0) is 4.43 Å². The Balaban J connectivity index is 0. The Bertz CT molecular complexity index is 51.0. The molecule has 0 aliphatic carbocycles. The van der Waals surface area contributed by atoms with Crippen molar-refractivity contribution in [1.82, 2.24) is 0 Å². The van der Waals surface area contributed by atoms with Crippen LogP contribution in [0.3, 0.4) is 0 Å². The summed E-state index contributed by atoms with van der Waals surface area (Å²) in [5, 5.41) is 0. The first-order valence-corrected chi connectivity index (χ1v) is 5.18. The molecular weight excluding hydrogens is 249 g/mol. The predicted molar refractivity (Wildman–Crippen MR) is 54.6 cm³/mol. The van der Waals surface area contributed by atoms with Crippen LogP contribution in [0.25, 0.3) is 0 Å². The maximum atomic E-state index is 5.32. The van der Waals surface area contributed by atoms with Crippen LogP contribution in [0, 0.1) is 0 Å². The van der Waals surface area contributed by atoms with Gasteiger partial charge in [-0.15, -0.1) is 0 Å². The summed E-state index contributed by atoms with van der Waals surface area (Å²) >= 11 is 0. The number of hydrogen-bond donors (Lipinski definition) is 1. The van der Waals surface area contributed by atoms with Crippen molar-refractivity contribution in [2.24, 2.45) is 5.73 Å². The van der Waals surface area contributed by atoms with Crippen LogP contribution in [-0.4, -0.2) is 47.3 Å². The molecule has 0 heterocycles. The first kappa shape index (κ1) is 13.5. The van der Waals surface area contributed by atoms with Crippen LogP contribution in [0.15, 0.2) is 0 Å². The molecule has 0 saturated carbocycles. The SMILES string of the molecule is CO[SiH2]CCCCCN.[SnH4]. The van der Waals surface area contributed by atoms with Gasteiger partial charge in [-0.2, -0.15) is 0 Å². The molecule has 2 N–H and O–H groups in total. The van der Waals surface area contributed by atoms with Gasteiger partial charge in [0, 0.05) is 7.11 Å². The molecule has 2 nitrogen and oxygen atoms in total. The van der Waals surface area contributed by atoms with Gasteiger partial charge in [-0.3, -0.25) is 0 Å². The molecule has 0 amide bonds. The van der Waals surface area contributed by atoms with Crippen LogP contribution in [0.4, 0.5) is 0 Å². The van der Waals surface area contributed by atoms with Crippen molar-refractivity contribution in [3.63, 3.8) is 0 Å². The van der Waals surface area contributed by atoms with Gasteiger partial charge in [0.1, 0.15) is 0 Å². The number of nitrogens with two attached hydrogens (primary N) is 1. The molecule has 10 heavy (non-hydrogen) atoms. The van der Waals surface area contributed by atoms with Crippen molar-refractivity contribution < 1.29 is 4.43 Å². The minimum absolute atomic E-state index is 0. The van der Waals surface area contributed by atoms with Gasteiger partial charge in [-0.25, -0.2) is 0 Å². The van der Waals surface area contributed by atoms with Crippen molar-refractivity contribution in [2.45, 2.75) is 25.3 Å². The van der Waals surface area contributed by atoms with E-state index in [0.717, 1.165) is 6.54 Å². The number of unbranched alkanes of at least 4 members (excludes halogenated alkanes) is 2. The van der Waals surface area contributed by atoms with Gasteiger partial charge in [0.15, 0.2) is 9.76 Å². The second kappa shape index (κ2) is 12.6. The molecule has 0 radical (unpaired) electrons. The van der Waals surface area contributed by atoms with E-state index in [4.69, 9.17) is 10.2 Å². The second-order valence-corrected chi connectivity index (χ2v) is 3.89. The van der Waals surface area contributed by atoms with Crippen LogP contribution >= 0.6 is 0 Å². The minimum atomic E-state index is -0.147. The van der Waals surface area contributed by atoms with E-state index < -0.39 is 0 Å². The molecule has 0 rings (SSSR count). The molecule has 4 heteroatoms. The normalized spacial score (nSPS) is 10.2. The Morgan fingerprint density at radius 3 is 2.50 bits per heavy atom. The van der Waals surface area contributed by atoms with Crippen LogP contribution in [0.2, 0.25) is 6.04 Å². The fourth-order valence-corrected chi connectivity index (χ4v) is 1.59. The molecule has 0 aromatic carbocycles. The van der Waals surface area contributed by atoms with Crippen LogP contribution in [0.1, 0.15) is 19.3 Å². The first-order chi connectivity index (χ1) is 4.41. The van der Waals surface area contributed by atoms with Crippen molar-refractivity contribution in [3.8, 4) is 0 Å². The van der Waals surface area contributed by atoms with Gasteiger partial charge < -0.3 is 10.2 Å². The average Bonchev–Trinajstić information content (AvgIpc) is 1.89. The average molecular weight is 270 g/mol. The van der Waals surface area contributed by atoms with E-state index in [9.17, 15) is 0 Å². The molecule has 0 fully saturated rings. The third-order valence-electron chi connectivity index (χ3n) is 1.30. The van der Waals surface area contributed by atoms with Crippen LogP contribution < -0.4 is 5.73 Å². The van der Waals surface area contributed by atoms with E-state index in [1.165, 1.54) is 25.3 Å². The molecule has 0 aliphatic heterocycles. The monoisotopic (exact) mass is 271 g/mol. The van der Waals surface area contributed by atoms with E-state index in [0.29, 0.717) is 0 Å². The molecule has 0 saturated heterocycles. The molecular formula is C6H21NOSiSn. The second-order valence-electron chi connectivity index (χ2n) is 2.20. The van der Waals surface area contributed by atoms with E-state index in [1.54, 1.807) is 7.11 Å². The maximum absolute atomic E-state index is 5.32. The third kappa shape index (κ3) is 11.7. The van der Waals surface area contributed by atoms with Crippen molar-refractivity contribution in [1.29, 1.82) is 0 Å².